The first-order chi connectivity index (χ1) is 14.5. The highest BCUT2D eigenvalue weighted by Gasteiger charge is 2.37. The summed E-state index contributed by atoms with van der Waals surface area (Å²) in [5.41, 5.74) is 4.32. The monoisotopic (exact) mass is 427 g/mol. The maximum atomic E-state index is 12.3. The molecule has 4 rings (SSSR count). The fraction of sp³-hybridized carbons (Fsp3) is 0.391. The number of esters is 1. The van der Waals surface area contributed by atoms with Crippen molar-refractivity contribution in [2.75, 3.05) is 32.3 Å². The van der Waals surface area contributed by atoms with Gasteiger partial charge in [-0.15, -0.1) is 0 Å². The van der Waals surface area contributed by atoms with E-state index in [0.29, 0.717) is 35.2 Å². The zero-order chi connectivity index (χ0) is 21.3. The van der Waals surface area contributed by atoms with E-state index in [1.165, 1.54) is 7.11 Å². The fourth-order valence-electron chi connectivity index (χ4n) is 4.16. The minimum absolute atomic E-state index is 0.0772. The summed E-state index contributed by atoms with van der Waals surface area (Å²) in [6.45, 7) is 2.47. The van der Waals surface area contributed by atoms with Crippen LogP contribution in [0, 0.1) is 0 Å². The number of carbonyl (C=O) groups is 1. The number of hydrogen-bond donors (Lipinski definition) is 0. The van der Waals surface area contributed by atoms with Gasteiger partial charge in [0.25, 0.3) is 0 Å². The quantitative estimate of drug-likeness (QED) is 0.685. The molecule has 6 nitrogen and oxygen atoms in total. The third kappa shape index (κ3) is 3.74. The van der Waals surface area contributed by atoms with Crippen LogP contribution in [0.5, 0.6) is 11.5 Å². The van der Waals surface area contributed by atoms with Crippen molar-refractivity contribution in [1.82, 2.24) is 0 Å². The van der Waals surface area contributed by atoms with Gasteiger partial charge < -0.3 is 14.2 Å². The lowest BCUT2D eigenvalue weighted by Crippen LogP contribution is -2.35. The Hall–Kier alpha value is -2.67. The Morgan fingerprint density at radius 1 is 1.17 bits per heavy atom. The van der Waals surface area contributed by atoms with Crippen LogP contribution >= 0.6 is 0 Å². The summed E-state index contributed by atoms with van der Waals surface area (Å²) in [6.07, 6.45) is 0.788. The van der Waals surface area contributed by atoms with Gasteiger partial charge in [-0.1, -0.05) is 12.1 Å². The van der Waals surface area contributed by atoms with Crippen LogP contribution in [0.1, 0.15) is 46.3 Å². The van der Waals surface area contributed by atoms with Crippen molar-refractivity contribution >= 4 is 22.5 Å². The molecular weight excluding hydrogens is 402 g/mol. The molecule has 0 amide bonds. The van der Waals surface area contributed by atoms with E-state index in [4.69, 9.17) is 19.2 Å². The second-order valence-corrected chi connectivity index (χ2v) is 8.96. The summed E-state index contributed by atoms with van der Waals surface area (Å²) in [6, 6.07) is 11.3. The molecule has 7 heteroatoms. The van der Waals surface area contributed by atoms with Crippen LogP contribution in [-0.4, -0.2) is 54.3 Å². The van der Waals surface area contributed by atoms with Crippen LogP contribution in [0.15, 0.2) is 41.4 Å². The van der Waals surface area contributed by atoms with Gasteiger partial charge in [0, 0.05) is 39.4 Å². The molecule has 2 aliphatic heterocycles. The number of hydrogen-bond acceptors (Lipinski definition) is 6. The van der Waals surface area contributed by atoms with E-state index in [0.717, 1.165) is 28.8 Å². The molecule has 0 bridgehead atoms. The molecule has 1 fully saturated rings. The number of methoxy groups -OCH3 is 2. The Morgan fingerprint density at radius 3 is 2.60 bits per heavy atom. The zero-order valence-electron chi connectivity index (χ0n) is 17.3. The van der Waals surface area contributed by atoms with Gasteiger partial charge >= 0.3 is 5.97 Å². The van der Waals surface area contributed by atoms with E-state index in [1.54, 1.807) is 19.2 Å². The number of benzene rings is 2. The lowest BCUT2D eigenvalue weighted by atomic mass is 9.81. The highest BCUT2D eigenvalue weighted by molar-refractivity contribution is 7.85. The number of rotatable bonds is 5. The van der Waals surface area contributed by atoms with Crippen molar-refractivity contribution in [2.24, 2.45) is 4.99 Å². The minimum Gasteiger partial charge on any atom is -0.493 e. The van der Waals surface area contributed by atoms with Gasteiger partial charge in [0.05, 0.1) is 38.1 Å². The zero-order valence-corrected chi connectivity index (χ0v) is 18.2. The number of nitrogens with zero attached hydrogens (tertiary/aromatic N) is 1. The van der Waals surface area contributed by atoms with Gasteiger partial charge in [-0.25, -0.2) is 4.79 Å². The number of ether oxygens (including phenoxy) is 3. The molecule has 158 valence electrons. The molecule has 0 N–H and O–H groups in total. The van der Waals surface area contributed by atoms with Crippen molar-refractivity contribution in [1.29, 1.82) is 0 Å². The molecule has 0 radical (unpaired) electrons. The van der Waals surface area contributed by atoms with E-state index in [1.807, 2.05) is 31.2 Å². The summed E-state index contributed by atoms with van der Waals surface area (Å²) >= 11 is 0. The van der Waals surface area contributed by atoms with Crippen LogP contribution in [-0.2, 0) is 15.5 Å². The van der Waals surface area contributed by atoms with Crippen LogP contribution < -0.4 is 9.47 Å². The van der Waals surface area contributed by atoms with Gasteiger partial charge in [0.1, 0.15) is 0 Å². The van der Waals surface area contributed by atoms with Gasteiger partial charge in [-0.05, 0) is 43.2 Å². The average molecular weight is 428 g/mol. The van der Waals surface area contributed by atoms with E-state index >= 15 is 0 Å². The van der Waals surface area contributed by atoms with Crippen molar-refractivity contribution < 1.29 is 23.2 Å². The molecule has 2 aromatic rings. The highest BCUT2D eigenvalue weighted by atomic mass is 32.2. The second kappa shape index (κ2) is 8.60. The summed E-state index contributed by atoms with van der Waals surface area (Å²) in [5, 5.41) is 0. The summed E-state index contributed by atoms with van der Waals surface area (Å²) < 4.78 is 28.5. The molecule has 2 aliphatic rings. The van der Waals surface area contributed by atoms with Gasteiger partial charge in [-0.2, -0.15) is 0 Å². The largest absolute Gasteiger partial charge is 0.493 e. The number of carbonyl (C=O) groups excluding carboxylic acids is 1. The fourth-order valence-corrected chi connectivity index (χ4v) is 5.64. The lowest BCUT2D eigenvalue weighted by molar-refractivity contribution is 0.0600. The summed E-state index contributed by atoms with van der Waals surface area (Å²) in [5.74, 6) is 2.33. The van der Waals surface area contributed by atoms with E-state index in [9.17, 15) is 9.00 Å². The van der Waals surface area contributed by atoms with Gasteiger partial charge in [-0.3, -0.25) is 9.20 Å². The minimum atomic E-state index is -0.841. The molecule has 3 atom stereocenters. The molecule has 0 aromatic heterocycles. The predicted octanol–water partition coefficient (Wildman–Crippen LogP) is 3.34. The summed E-state index contributed by atoms with van der Waals surface area (Å²) in [4.78, 5) is 16.9. The van der Waals surface area contributed by atoms with Crippen molar-refractivity contribution in [3.8, 4) is 11.5 Å². The first-order valence-corrected chi connectivity index (χ1v) is 11.5. The average Bonchev–Trinajstić information content (AvgIpc) is 2.78. The number of fused-ring (bicyclic) bond motifs is 3. The van der Waals surface area contributed by atoms with Crippen molar-refractivity contribution in [2.45, 2.75) is 25.3 Å². The smallest absolute Gasteiger partial charge is 0.337 e. The van der Waals surface area contributed by atoms with Crippen LogP contribution in [0.4, 0.5) is 0 Å². The van der Waals surface area contributed by atoms with Crippen molar-refractivity contribution in [3.63, 3.8) is 0 Å². The molecular formula is C23H25NO5S. The Balaban J connectivity index is 1.84. The topological polar surface area (TPSA) is 74.2 Å². The lowest BCUT2D eigenvalue weighted by Gasteiger charge is -2.35. The predicted molar refractivity (Wildman–Crippen MR) is 117 cm³/mol. The maximum Gasteiger partial charge on any atom is 0.337 e. The van der Waals surface area contributed by atoms with Crippen LogP contribution in [0.2, 0.25) is 0 Å². The third-order valence-electron chi connectivity index (χ3n) is 5.64. The van der Waals surface area contributed by atoms with Crippen LogP contribution in [0.3, 0.4) is 0 Å². The second-order valence-electron chi connectivity index (χ2n) is 7.34. The molecule has 2 aromatic carbocycles. The number of aliphatic imine (C=N–C) groups is 1. The molecule has 0 saturated carbocycles. The third-order valence-corrected chi connectivity index (χ3v) is 7.06. The first-order valence-electron chi connectivity index (χ1n) is 10.0. The summed E-state index contributed by atoms with van der Waals surface area (Å²) in [7, 11) is 2.15. The molecule has 1 unspecified atom stereocenters. The Morgan fingerprint density at radius 2 is 1.93 bits per heavy atom. The SMILES string of the molecule is CCOc1cc2c(cc1OC)C(c1ccc(C(=O)OC)cc1)=N[C@@H]1CCS(=O)C[C@H]21. The molecule has 0 spiro atoms. The van der Waals surface area contributed by atoms with Gasteiger partial charge in [0.15, 0.2) is 11.5 Å². The van der Waals surface area contributed by atoms with Crippen LogP contribution in [0.25, 0.3) is 0 Å². The first kappa shape index (κ1) is 20.6. The molecule has 30 heavy (non-hydrogen) atoms. The molecule has 1 saturated heterocycles. The van der Waals surface area contributed by atoms with Gasteiger partial charge in [0.2, 0.25) is 0 Å². The standard InChI is InChI=1S/C23H25NO5S/c1-4-29-21-11-16-17(12-20(21)27-2)22(24-19-9-10-30(26)13-18(16)19)14-5-7-15(8-6-14)23(25)28-3/h5-8,11-12,18-19H,4,9-10,13H2,1-3H3/t18-,19-,30?/m1/s1. The Labute approximate surface area is 178 Å². The Kier molecular flexibility index (Phi) is 5.90. The normalized spacial score (nSPS) is 22.4. The molecule has 0 aliphatic carbocycles. The Bertz CT molecular complexity index is 1010. The van der Waals surface area contributed by atoms with Crippen molar-refractivity contribution in [3.05, 3.63) is 58.7 Å². The maximum absolute atomic E-state index is 12.3. The molecule has 2 heterocycles. The van der Waals surface area contributed by atoms with E-state index in [-0.39, 0.29) is 17.9 Å². The van der Waals surface area contributed by atoms with E-state index in [2.05, 4.69) is 0 Å². The highest BCUT2D eigenvalue weighted by Crippen LogP contribution is 2.42. The van der Waals surface area contributed by atoms with E-state index < -0.39 is 10.8 Å².